The van der Waals surface area contributed by atoms with Crippen molar-refractivity contribution in [1.82, 2.24) is 15.1 Å². The SMILES string of the molecule is C[C@]12CCC(=O)N1[C@@H](C(=O)NCCN1C(=O)S/C(=C\c3ccc(OC(F)F)cc3)C1=O)CS2. The topological polar surface area (TPSA) is 96.0 Å². The van der Waals surface area contributed by atoms with Crippen molar-refractivity contribution in [3.8, 4) is 5.75 Å². The van der Waals surface area contributed by atoms with Crippen LogP contribution in [0.25, 0.3) is 6.08 Å². The summed E-state index contributed by atoms with van der Waals surface area (Å²) < 4.78 is 28.8. The van der Waals surface area contributed by atoms with E-state index in [1.54, 1.807) is 16.7 Å². The Hall–Kier alpha value is -2.60. The van der Waals surface area contributed by atoms with Gasteiger partial charge < -0.3 is 15.0 Å². The molecule has 33 heavy (non-hydrogen) atoms. The summed E-state index contributed by atoms with van der Waals surface area (Å²) in [6.07, 6.45) is 2.63. The lowest BCUT2D eigenvalue weighted by atomic mass is 10.2. The summed E-state index contributed by atoms with van der Waals surface area (Å²) >= 11 is 2.36. The van der Waals surface area contributed by atoms with Gasteiger partial charge in [-0.05, 0) is 48.9 Å². The number of amides is 4. The Morgan fingerprint density at radius 2 is 2.03 bits per heavy atom. The maximum absolute atomic E-state index is 12.6. The highest BCUT2D eigenvalue weighted by atomic mass is 32.2. The molecule has 0 saturated carbocycles. The quantitative estimate of drug-likeness (QED) is 0.579. The van der Waals surface area contributed by atoms with Crippen molar-refractivity contribution in [3.63, 3.8) is 0 Å². The molecule has 0 spiro atoms. The predicted molar refractivity (Wildman–Crippen MR) is 119 cm³/mol. The Morgan fingerprint density at radius 3 is 2.73 bits per heavy atom. The van der Waals surface area contributed by atoms with Crippen LogP contribution in [0.1, 0.15) is 25.3 Å². The number of ether oxygens (including phenoxy) is 1. The molecule has 4 rings (SSSR count). The molecule has 0 bridgehead atoms. The number of benzene rings is 1. The van der Waals surface area contributed by atoms with Gasteiger partial charge in [0.15, 0.2) is 0 Å². The van der Waals surface area contributed by atoms with E-state index in [9.17, 15) is 28.0 Å². The summed E-state index contributed by atoms with van der Waals surface area (Å²) in [5, 5.41) is 2.27. The lowest BCUT2D eigenvalue weighted by Gasteiger charge is -2.29. The molecule has 0 radical (unpaired) electrons. The van der Waals surface area contributed by atoms with Crippen LogP contribution in [0.2, 0.25) is 0 Å². The Labute approximate surface area is 197 Å². The molecule has 3 aliphatic rings. The van der Waals surface area contributed by atoms with Crippen LogP contribution in [0.3, 0.4) is 0 Å². The smallest absolute Gasteiger partial charge is 0.387 e. The average molecular weight is 498 g/mol. The van der Waals surface area contributed by atoms with Gasteiger partial charge >= 0.3 is 6.61 Å². The van der Waals surface area contributed by atoms with Crippen LogP contribution in [-0.2, 0) is 14.4 Å². The molecule has 2 atom stereocenters. The highest BCUT2D eigenvalue weighted by molar-refractivity contribution is 8.18. The van der Waals surface area contributed by atoms with Gasteiger partial charge in [0, 0.05) is 25.3 Å². The molecule has 3 fully saturated rings. The van der Waals surface area contributed by atoms with Crippen molar-refractivity contribution >= 4 is 52.6 Å². The average Bonchev–Trinajstić information content (AvgIpc) is 3.35. The second kappa shape index (κ2) is 9.34. The first kappa shape index (κ1) is 23.6. The number of hydrogen-bond acceptors (Lipinski definition) is 7. The fraction of sp³-hybridized carbons (Fsp3) is 0.429. The minimum atomic E-state index is -2.93. The Bertz CT molecular complexity index is 1020. The number of carbonyl (C=O) groups excluding carboxylic acids is 4. The lowest BCUT2D eigenvalue weighted by Crippen LogP contribution is -2.51. The van der Waals surface area contributed by atoms with E-state index in [0.717, 1.165) is 16.7 Å². The Kier molecular flexibility index (Phi) is 6.66. The van der Waals surface area contributed by atoms with Crippen LogP contribution in [0.15, 0.2) is 29.2 Å². The van der Waals surface area contributed by atoms with Gasteiger partial charge in [-0.25, -0.2) is 0 Å². The molecule has 3 aliphatic heterocycles. The highest BCUT2D eigenvalue weighted by Gasteiger charge is 2.52. The molecule has 12 heteroatoms. The normalized spacial score (nSPS) is 26.0. The van der Waals surface area contributed by atoms with E-state index < -0.39 is 23.8 Å². The fourth-order valence-electron chi connectivity index (χ4n) is 4.01. The predicted octanol–water partition coefficient (Wildman–Crippen LogP) is 2.89. The number of carbonyl (C=O) groups is 4. The number of imide groups is 1. The second-order valence-electron chi connectivity index (χ2n) is 7.84. The maximum atomic E-state index is 12.6. The minimum Gasteiger partial charge on any atom is -0.435 e. The molecule has 0 unspecified atom stereocenters. The van der Waals surface area contributed by atoms with Gasteiger partial charge in [-0.1, -0.05) is 12.1 Å². The number of hydrogen-bond donors (Lipinski definition) is 1. The van der Waals surface area contributed by atoms with Crippen molar-refractivity contribution in [1.29, 1.82) is 0 Å². The zero-order valence-electron chi connectivity index (χ0n) is 17.6. The number of fused-ring (bicyclic) bond motifs is 1. The molecule has 8 nitrogen and oxygen atoms in total. The van der Waals surface area contributed by atoms with Gasteiger partial charge in [-0.3, -0.25) is 24.1 Å². The Balaban J connectivity index is 1.32. The molecule has 4 amide bonds. The monoisotopic (exact) mass is 497 g/mol. The second-order valence-corrected chi connectivity index (χ2v) is 10.3. The summed E-state index contributed by atoms with van der Waals surface area (Å²) in [5.41, 5.74) is 0.549. The van der Waals surface area contributed by atoms with E-state index in [0.29, 0.717) is 24.2 Å². The summed E-state index contributed by atoms with van der Waals surface area (Å²) in [5.74, 6) is -0.324. The number of rotatable bonds is 7. The maximum Gasteiger partial charge on any atom is 0.387 e. The highest BCUT2D eigenvalue weighted by Crippen LogP contribution is 2.47. The molecule has 1 aromatic rings. The molecule has 1 N–H and O–H groups in total. The van der Waals surface area contributed by atoms with E-state index in [1.807, 2.05) is 6.92 Å². The third kappa shape index (κ3) is 4.86. The molecule has 1 aromatic carbocycles. The molecule has 0 aromatic heterocycles. The zero-order chi connectivity index (χ0) is 23.8. The largest absolute Gasteiger partial charge is 0.435 e. The van der Waals surface area contributed by atoms with Gasteiger partial charge in [0.25, 0.3) is 11.1 Å². The van der Waals surface area contributed by atoms with Crippen LogP contribution >= 0.6 is 23.5 Å². The van der Waals surface area contributed by atoms with Gasteiger partial charge in [0.05, 0.1) is 9.78 Å². The number of nitrogens with zero attached hydrogens (tertiary/aromatic N) is 2. The molecule has 3 saturated heterocycles. The van der Waals surface area contributed by atoms with Gasteiger partial charge in [0.2, 0.25) is 11.8 Å². The first-order valence-corrected chi connectivity index (χ1v) is 12.0. The minimum absolute atomic E-state index is 0.00000985. The van der Waals surface area contributed by atoms with E-state index in [4.69, 9.17) is 0 Å². The van der Waals surface area contributed by atoms with Crippen LogP contribution in [0.5, 0.6) is 5.75 Å². The van der Waals surface area contributed by atoms with Crippen LogP contribution in [0.4, 0.5) is 13.6 Å². The first-order chi connectivity index (χ1) is 15.7. The molecular weight excluding hydrogens is 476 g/mol. The number of thioether (sulfide) groups is 2. The van der Waals surface area contributed by atoms with Crippen molar-refractivity contribution in [2.75, 3.05) is 18.8 Å². The fourth-order valence-corrected chi connectivity index (χ4v) is 6.31. The van der Waals surface area contributed by atoms with Gasteiger partial charge in [0.1, 0.15) is 11.8 Å². The third-order valence-electron chi connectivity index (χ3n) is 5.66. The summed E-state index contributed by atoms with van der Waals surface area (Å²) in [7, 11) is 0. The van der Waals surface area contributed by atoms with E-state index in [-0.39, 0.29) is 40.4 Å². The van der Waals surface area contributed by atoms with Gasteiger partial charge in [-0.15, -0.1) is 11.8 Å². The molecule has 0 aliphatic carbocycles. The van der Waals surface area contributed by atoms with Crippen LogP contribution < -0.4 is 10.1 Å². The number of halogens is 2. The summed E-state index contributed by atoms with van der Waals surface area (Å²) in [6, 6.07) is 5.13. The molecule has 3 heterocycles. The van der Waals surface area contributed by atoms with Crippen molar-refractivity contribution in [2.45, 2.75) is 37.3 Å². The molecule has 176 valence electrons. The number of nitrogens with one attached hydrogen (secondary N) is 1. The summed E-state index contributed by atoms with van der Waals surface area (Å²) in [6.45, 7) is -0.897. The van der Waals surface area contributed by atoms with Crippen molar-refractivity contribution < 1.29 is 32.7 Å². The Morgan fingerprint density at radius 1 is 1.30 bits per heavy atom. The number of alkyl halides is 2. The zero-order valence-corrected chi connectivity index (χ0v) is 19.2. The van der Waals surface area contributed by atoms with E-state index in [2.05, 4.69) is 10.1 Å². The van der Waals surface area contributed by atoms with Crippen LogP contribution in [-0.4, -0.2) is 69.1 Å². The summed E-state index contributed by atoms with van der Waals surface area (Å²) in [4.78, 5) is 52.3. The third-order valence-corrected chi connectivity index (χ3v) is 8.07. The van der Waals surface area contributed by atoms with Crippen LogP contribution in [0, 0.1) is 0 Å². The standard InChI is InChI=1S/C21H21F2N3O5S2/c1-21-7-6-16(27)26(21)14(11-32-21)17(28)24-8-9-25-18(29)15(33-20(25)30)10-12-2-4-13(5-3-12)31-19(22)23/h2-5,10,14,19H,6-9,11H2,1H3,(H,24,28)/b15-10-/t14-,21+/m1/s1. The van der Waals surface area contributed by atoms with E-state index >= 15 is 0 Å². The van der Waals surface area contributed by atoms with Gasteiger partial charge in [-0.2, -0.15) is 8.78 Å². The molecular formula is C21H21F2N3O5S2. The van der Waals surface area contributed by atoms with Crippen molar-refractivity contribution in [3.05, 3.63) is 34.7 Å². The lowest BCUT2D eigenvalue weighted by molar-refractivity contribution is -0.137. The van der Waals surface area contributed by atoms with Crippen molar-refractivity contribution in [2.24, 2.45) is 0 Å². The first-order valence-electron chi connectivity index (χ1n) is 10.2. The van der Waals surface area contributed by atoms with E-state index in [1.165, 1.54) is 30.3 Å².